The highest BCUT2D eigenvalue weighted by Crippen LogP contribution is 2.57. The predicted molar refractivity (Wildman–Crippen MR) is 109 cm³/mol. The molecule has 5 aliphatic rings. The van der Waals surface area contributed by atoms with Gasteiger partial charge in [0.25, 0.3) is 0 Å². The number of hydrogen-bond donors (Lipinski definition) is 1. The first-order valence-electron chi connectivity index (χ1n) is 11.4. The van der Waals surface area contributed by atoms with Crippen LogP contribution in [0.15, 0.2) is 4.99 Å². The van der Waals surface area contributed by atoms with Gasteiger partial charge in [-0.25, -0.2) is 0 Å². The molecule has 0 atom stereocenters. The molecule has 4 bridgehead atoms. The van der Waals surface area contributed by atoms with E-state index in [9.17, 15) is 0 Å². The van der Waals surface area contributed by atoms with Crippen molar-refractivity contribution in [2.45, 2.75) is 82.6 Å². The van der Waals surface area contributed by atoms with Crippen LogP contribution in [0.25, 0.3) is 0 Å². The molecule has 1 aliphatic heterocycles. The van der Waals surface area contributed by atoms with E-state index in [4.69, 9.17) is 10.7 Å². The number of hydrogen-bond acceptors (Lipinski definition) is 2. The number of rotatable bonds is 8. The molecule has 4 nitrogen and oxygen atoms in total. The third kappa shape index (κ3) is 4.05. The summed E-state index contributed by atoms with van der Waals surface area (Å²) < 4.78 is 0. The fraction of sp³-hybridized carbons (Fsp3) is 0.955. The van der Waals surface area contributed by atoms with E-state index in [2.05, 4.69) is 16.8 Å². The highest BCUT2D eigenvalue weighted by Gasteiger charge is 2.53. The lowest BCUT2D eigenvalue weighted by atomic mass is 9.52. The second-order valence-corrected chi connectivity index (χ2v) is 9.90. The molecule has 0 aromatic carbocycles. The molecule has 148 valence electrons. The molecule has 0 aromatic heterocycles. The Morgan fingerprint density at radius 3 is 2.15 bits per heavy atom. The molecule has 2 N–H and O–H groups in total. The molecule has 0 unspecified atom stereocenters. The van der Waals surface area contributed by atoms with Crippen molar-refractivity contribution in [1.82, 2.24) is 9.80 Å². The van der Waals surface area contributed by atoms with E-state index in [1.54, 1.807) is 0 Å². The van der Waals surface area contributed by atoms with E-state index in [0.29, 0.717) is 5.54 Å². The molecule has 0 radical (unpaired) electrons. The van der Waals surface area contributed by atoms with Crippen LogP contribution >= 0.6 is 0 Å². The van der Waals surface area contributed by atoms with Crippen molar-refractivity contribution in [1.29, 1.82) is 0 Å². The van der Waals surface area contributed by atoms with Gasteiger partial charge in [0.2, 0.25) is 0 Å². The van der Waals surface area contributed by atoms with E-state index < -0.39 is 0 Å². The molecule has 1 saturated heterocycles. The first kappa shape index (κ1) is 18.6. The van der Waals surface area contributed by atoms with Gasteiger partial charge in [0.1, 0.15) is 0 Å². The number of guanidine groups is 1. The maximum Gasteiger partial charge on any atom is 0.191 e. The average Bonchev–Trinajstić information content (AvgIpc) is 3.12. The summed E-state index contributed by atoms with van der Waals surface area (Å²) in [6, 6.07) is 0. The molecule has 4 saturated carbocycles. The number of nitrogens with zero attached hydrogens (tertiary/aromatic N) is 3. The first-order chi connectivity index (χ1) is 12.6. The van der Waals surface area contributed by atoms with Crippen LogP contribution in [0.5, 0.6) is 0 Å². The summed E-state index contributed by atoms with van der Waals surface area (Å²) in [4.78, 5) is 9.78. The predicted octanol–water partition coefficient (Wildman–Crippen LogP) is 3.86. The second kappa shape index (κ2) is 8.08. The number of aliphatic imine (C=N–C) groups is 1. The number of unbranched alkanes of at least 4 members (excludes halogenated alkanes) is 3. The van der Waals surface area contributed by atoms with Gasteiger partial charge in [-0.3, -0.25) is 4.99 Å². The molecule has 5 fully saturated rings. The molecule has 4 heteroatoms. The third-order valence-corrected chi connectivity index (χ3v) is 7.92. The standard InChI is InChI=1S/C22H40N4/c1-25(22-15-18-12-19(16-22)14-20(13-18)17-22)21(23)24-8-4-2-3-5-9-26-10-6-7-11-26/h18-20H,2-17H2,1H3,(H2,23,24). The van der Waals surface area contributed by atoms with E-state index in [1.807, 2.05) is 0 Å². The average molecular weight is 361 g/mol. The lowest BCUT2D eigenvalue weighted by Crippen LogP contribution is -2.61. The number of likely N-dealkylation sites (tertiary alicyclic amines) is 1. The molecule has 0 spiro atoms. The second-order valence-electron chi connectivity index (χ2n) is 9.90. The lowest BCUT2D eigenvalue weighted by Gasteiger charge is -2.60. The van der Waals surface area contributed by atoms with E-state index in [0.717, 1.165) is 30.3 Å². The Balaban J connectivity index is 1.17. The highest BCUT2D eigenvalue weighted by atomic mass is 15.3. The molecule has 4 aliphatic carbocycles. The maximum absolute atomic E-state index is 6.43. The summed E-state index contributed by atoms with van der Waals surface area (Å²) in [5, 5.41) is 0. The van der Waals surface area contributed by atoms with E-state index in [-0.39, 0.29) is 0 Å². The van der Waals surface area contributed by atoms with Gasteiger partial charge in [-0.05, 0) is 102 Å². The monoisotopic (exact) mass is 360 g/mol. The van der Waals surface area contributed by atoms with Crippen molar-refractivity contribution in [2.75, 3.05) is 33.2 Å². The zero-order valence-electron chi connectivity index (χ0n) is 17.0. The van der Waals surface area contributed by atoms with Gasteiger partial charge in [0.15, 0.2) is 5.96 Å². The quantitative estimate of drug-likeness (QED) is 0.406. The third-order valence-electron chi connectivity index (χ3n) is 7.92. The van der Waals surface area contributed by atoms with E-state index in [1.165, 1.54) is 96.7 Å². The van der Waals surface area contributed by atoms with Crippen LogP contribution in [-0.2, 0) is 0 Å². The number of nitrogens with two attached hydrogens (primary N) is 1. The van der Waals surface area contributed by atoms with E-state index >= 15 is 0 Å². The molecular weight excluding hydrogens is 320 g/mol. The van der Waals surface area contributed by atoms with Crippen molar-refractivity contribution in [3.63, 3.8) is 0 Å². The van der Waals surface area contributed by atoms with Gasteiger partial charge < -0.3 is 15.5 Å². The Morgan fingerprint density at radius 2 is 1.54 bits per heavy atom. The van der Waals surface area contributed by atoms with Gasteiger partial charge in [0, 0.05) is 19.1 Å². The zero-order valence-corrected chi connectivity index (χ0v) is 17.0. The summed E-state index contributed by atoms with van der Waals surface area (Å²) in [6.07, 6.45) is 16.6. The minimum absolute atomic E-state index is 0.345. The molecule has 0 aromatic rings. The summed E-state index contributed by atoms with van der Waals surface area (Å²) in [7, 11) is 2.22. The summed E-state index contributed by atoms with van der Waals surface area (Å²) >= 11 is 0. The molecule has 1 heterocycles. The Labute approximate surface area is 160 Å². The van der Waals surface area contributed by atoms with Crippen molar-refractivity contribution in [3.8, 4) is 0 Å². The summed E-state index contributed by atoms with van der Waals surface area (Å²) in [6.45, 7) is 4.88. The van der Waals surface area contributed by atoms with Gasteiger partial charge in [-0.1, -0.05) is 12.8 Å². The SMILES string of the molecule is CN(C(N)=NCCCCCCN1CCCC1)C12CC3CC(CC(C3)C1)C2. The smallest absolute Gasteiger partial charge is 0.191 e. The van der Waals surface area contributed by atoms with Crippen molar-refractivity contribution < 1.29 is 0 Å². The van der Waals surface area contributed by atoms with Crippen molar-refractivity contribution in [3.05, 3.63) is 0 Å². The van der Waals surface area contributed by atoms with Crippen molar-refractivity contribution in [2.24, 2.45) is 28.5 Å². The largest absolute Gasteiger partial charge is 0.370 e. The molecule has 0 amide bonds. The van der Waals surface area contributed by atoms with Crippen LogP contribution < -0.4 is 5.73 Å². The van der Waals surface area contributed by atoms with Crippen LogP contribution in [0.4, 0.5) is 0 Å². The first-order valence-corrected chi connectivity index (χ1v) is 11.4. The fourth-order valence-electron chi connectivity index (χ4n) is 6.83. The van der Waals surface area contributed by atoms with Gasteiger partial charge in [0.05, 0.1) is 0 Å². The minimum Gasteiger partial charge on any atom is -0.370 e. The minimum atomic E-state index is 0.345. The van der Waals surface area contributed by atoms with Crippen LogP contribution in [0.1, 0.15) is 77.0 Å². The highest BCUT2D eigenvalue weighted by molar-refractivity contribution is 5.78. The summed E-state index contributed by atoms with van der Waals surface area (Å²) in [5.41, 5.74) is 6.78. The van der Waals surface area contributed by atoms with Crippen LogP contribution in [0, 0.1) is 17.8 Å². The Bertz CT molecular complexity index is 459. The fourth-order valence-corrected chi connectivity index (χ4v) is 6.83. The van der Waals surface area contributed by atoms with Gasteiger partial charge in [-0.15, -0.1) is 0 Å². The maximum atomic E-state index is 6.43. The molecule has 26 heavy (non-hydrogen) atoms. The Hall–Kier alpha value is -0.770. The van der Waals surface area contributed by atoms with Crippen LogP contribution in [0.2, 0.25) is 0 Å². The molecular formula is C22H40N4. The van der Waals surface area contributed by atoms with Crippen LogP contribution in [-0.4, -0.2) is 54.5 Å². The normalized spacial score (nSPS) is 36.8. The Kier molecular flexibility index (Phi) is 5.78. The lowest BCUT2D eigenvalue weighted by molar-refractivity contribution is -0.0550. The van der Waals surface area contributed by atoms with Crippen molar-refractivity contribution >= 4 is 5.96 Å². The topological polar surface area (TPSA) is 44.9 Å². The van der Waals surface area contributed by atoms with Gasteiger partial charge in [-0.2, -0.15) is 0 Å². The van der Waals surface area contributed by atoms with Crippen LogP contribution in [0.3, 0.4) is 0 Å². The summed E-state index contributed by atoms with van der Waals surface area (Å²) in [5.74, 6) is 3.70. The zero-order chi connectivity index (χ0) is 18.0. The molecule has 5 rings (SSSR count). The van der Waals surface area contributed by atoms with Gasteiger partial charge >= 0.3 is 0 Å². The Morgan fingerprint density at radius 1 is 0.962 bits per heavy atom.